The molecule has 3 nitrogen and oxygen atoms in total. The van der Waals surface area contributed by atoms with Crippen LogP contribution < -0.4 is 12.2 Å². The molecule has 3 aromatic carbocycles. The van der Waals surface area contributed by atoms with Gasteiger partial charge >= 0.3 is 243 Å². The standard InChI is InChI=1S/3C12H10N.Ir/c3*1-10-6-5-9-13-12(10)11-7-3-2-4-8-11;/h3*2-7,9H,1H3;. The number of hydrogen-bond donors (Lipinski definition) is 0. The first kappa shape index (κ1) is 26.0. The Bertz CT molecular complexity index is 1600. The predicted octanol–water partition coefficient (Wildman–Crippen LogP) is 6.69. The summed E-state index contributed by atoms with van der Waals surface area (Å²) in [4.78, 5) is 14.6. The summed E-state index contributed by atoms with van der Waals surface area (Å²) in [6.07, 6.45) is 5.69. The first-order valence-electron chi connectivity index (χ1n) is 13.3. The van der Waals surface area contributed by atoms with Crippen molar-refractivity contribution in [1.29, 1.82) is 0 Å². The van der Waals surface area contributed by atoms with Crippen LogP contribution in [0.3, 0.4) is 0 Å². The van der Waals surface area contributed by atoms with Gasteiger partial charge in [-0.25, -0.2) is 0 Å². The molecule has 0 saturated carbocycles. The van der Waals surface area contributed by atoms with E-state index in [1.54, 1.807) is 0 Å². The van der Waals surface area contributed by atoms with Crippen molar-refractivity contribution in [2.75, 3.05) is 0 Å². The van der Waals surface area contributed by atoms with Crippen molar-refractivity contribution in [2.24, 2.45) is 0 Å². The fourth-order valence-electron chi connectivity index (χ4n) is 4.95. The van der Waals surface area contributed by atoms with Gasteiger partial charge < -0.3 is 0 Å². The zero-order valence-corrected chi connectivity index (χ0v) is 25.2. The van der Waals surface area contributed by atoms with Crippen LogP contribution in [0.5, 0.6) is 0 Å². The first-order valence-corrected chi connectivity index (χ1v) is 16.9. The molecule has 0 aliphatic carbocycles. The van der Waals surface area contributed by atoms with Gasteiger partial charge in [0.1, 0.15) is 0 Å². The molecule has 0 aliphatic heterocycles. The molecule has 3 heterocycles. The van der Waals surface area contributed by atoms with Crippen LogP contribution in [0.4, 0.5) is 0 Å². The Morgan fingerprint density at radius 1 is 0.375 bits per heavy atom. The second-order valence-corrected chi connectivity index (χ2v) is 15.3. The van der Waals surface area contributed by atoms with E-state index in [0.717, 1.165) is 17.1 Å². The molecule has 6 aromatic rings. The number of pyridine rings is 3. The van der Waals surface area contributed by atoms with Crippen LogP contribution in [0.1, 0.15) is 16.7 Å². The quantitative estimate of drug-likeness (QED) is 0.195. The number of aromatic nitrogens is 3. The summed E-state index contributed by atoms with van der Waals surface area (Å²) in [6.45, 7) is 6.44. The molecular weight excluding hydrogens is 667 g/mol. The minimum atomic E-state index is -2.52. The molecule has 0 saturated heterocycles. The summed E-state index contributed by atoms with van der Waals surface area (Å²) < 4.78 is 4.10. The zero-order chi connectivity index (χ0) is 27.5. The van der Waals surface area contributed by atoms with E-state index in [1.807, 2.05) is 36.8 Å². The Morgan fingerprint density at radius 2 is 0.675 bits per heavy atom. The summed E-state index contributed by atoms with van der Waals surface area (Å²) in [5, 5.41) is 0. The van der Waals surface area contributed by atoms with Gasteiger partial charge in [-0.3, -0.25) is 0 Å². The SMILES string of the molecule is Cc1cccnc1-c1cccc[c]1[Ir]([c]1ccccc1-c1ncccc1C)[c]1ccccc1-c1ncccc1C. The monoisotopic (exact) mass is 697 g/mol. The van der Waals surface area contributed by atoms with Gasteiger partial charge in [0.25, 0.3) is 0 Å². The van der Waals surface area contributed by atoms with Crippen molar-refractivity contribution in [2.45, 2.75) is 20.8 Å². The van der Waals surface area contributed by atoms with E-state index < -0.39 is 16.5 Å². The number of benzene rings is 3. The van der Waals surface area contributed by atoms with Crippen LogP contribution >= 0.6 is 0 Å². The Labute approximate surface area is 241 Å². The third kappa shape index (κ3) is 4.93. The first-order chi connectivity index (χ1) is 19.6. The second kappa shape index (κ2) is 11.5. The molecule has 4 heteroatoms. The number of aryl methyl sites for hydroxylation is 3. The van der Waals surface area contributed by atoms with Crippen molar-refractivity contribution in [3.63, 3.8) is 0 Å². The molecule has 198 valence electrons. The molecule has 0 spiro atoms. The third-order valence-electron chi connectivity index (χ3n) is 6.90. The van der Waals surface area contributed by atoms with Gasteiger partial charge in [0.15, 0.2) is 0 Å². The molecule has 0 fully saturated rings. The molecule has 6 rings (SSSR count). The van der Waals surface area contributed by atoms with E-state index in [-0.39, 0.29) is 0 Å². The normalized spacial score (nSPS) is 11.3. The molecule has 3 aromatic heterocycles. The van der Waals surface area contributed by atoms with Crippen LogP contribution in [0.25, 0.3) is 33.8 Å². The van der Waals surface area contributed by atoms with E-state index in [4.69, 9.17) is 15.0 Å². The zero-order valence-electron chi connectivity index (χ0n) is 22.8. The molecule has 0 atom stereocenters. The van der Waals surface area contributed by atoms with Gasteiger partial charge in [-0.2, -0.15) is 0 Å². The average molecular weight is 697 g/mol. The van der Waals surface area contributed by atoms with Gasteiger partial charge in [-0.1, -0.05) is 0 Å². The van der Waals surface area contributed by atoms with Gasteiger partial charge in [0.05, 0.1) is 0 Å². The maximum absolute atomic E-state index is 4.87. The van der Waals surface area contributed by atoms with Gasteiger partial charge in [-0.15, -0.1) is 0 Å². The Balaban J connectivity index is 1.70. The minimum absolute atomic E-state index is 1.04. The summed E-state index contributed by atoms with van der Waals surface area (Å²) in [5.74, 6) is 0. The van der Waals surface area contributed by atoms with Crippen molar-refractivity contribution < 1.29 is 16.5 Å². The summed E-state index contributed by atoms with van der Waals surface area (Å²) in [6, 6.07) is 39.1. The topological polar surface area (TPSA) is 38.7 Å². The third-order valence-corrected chi connectivity index (χ3v) is 13.9. The van der Waals surface area contributed by atoms with Crippen molar-refractivity contribution in [3.8, 4) is 33.8 Å². The van der Waals surface area contributed by atoms with Crippen LogP contribution in [-0.4, -0.2) is 15.0 Å². The summed E-state index contributed by atoms with van der Waals surface area (Å²) in [5.41, 5.74) is 10.3. The van der Waals surface area contributed by atoms with E-state index in [0.29, 0.717) is 0 Å². The van der Waals surface area contributed by atoms with Crippen LogP contribution in [-0.2, 0) is 16.5 Å². The molecule has 0 aliphatic rings. The Morgan fingerprint density at radius 3 is 0.975 bits per heavy atom. The van der Waals surface area contributed by atoms with Gasteiger partial charge in [-0.05, 0) is 0 Å². The van der Waals surface area contributed by atoms with Crippen molar-refractivity contribution in [3.05, 3.63) is 144 Å². The second-order valence-electron chi connectivity index (χ2n) is 9.62. The van der Waals surface area contributed by atoms with Crippen LogP contribution in [0.15, 0.2) is 128 Å². The molecular formula is C36H30IrN3. The van der Waals surface area contributed by atoms with E-state index in [9.17, 15) is 0 Å². The van der Waals surface area contributed by atoms with Crippen LogP contribution in [0, 0.1) is 20.8 Å². The predicted molar refractivity (Wildman–Crippen MR) is 162 cm³/mol. The number of nitrogens with zero attached hydrogens (tertiary/aromatic N) is 3. The molecule has 0 amide bonds. The molecule has 40 heavy (non-hydrogen) atoms. The van der Waals surface area contributed by atoms with Gasteiger partial charge in [0.2, 0.25) is 0 Å². The molecule has 0 N–H and O–H groups in total. The Kier molecular flexibility index (Phi) is 7.46. The van der Waals surface area contributed by atoms with Crippen molar-refractivity contribution in [1.82, 2.24) is 15.0 Å². The number of rotatable bonds is 6. The van der Waals surface area contributed by atoms with Gasteiger partial charge in [0, 0.05) is 0 Å². The molecule has 0 unspecified atom stereocenters. The summed E-state index contributed by atoms with van der Waals surface area (Å²) in [7, 11) is 0. The van der Waals surface area contributed by atoms with E-state index >= 15 is 0 Å². The molecule has 0 bridgehead atoms. The maximum atomic E-state index is 4.87. The fourth-order valence-corrected chi connectivity index (χ4v) is 12.3. The average Bonchev–Trinajstić information content (AvgIpc) is 2.99. The van der Waals surface area contributed by atoms with Crippen LogP contribution in [0.2, 0.25) is 0 Å². The summed E-state index contributed by atoms with van der Waals surface area (Å²) >= 11 is -2.52. The van der Waals surface area contributed by atoms with Crippen molar-refractivity contribution >= 4 is 12.2 Å². The number of hydrogen-bond acceptors (Lipinski definition) is 3. The van der Waals surface area contributed by atoms with E-state index in [2.05, 4.69) is 112 Å². The fraction of sp³-hybridized carbons (Fsp3) is 0.0833. The van der Waals surface area contributed by atoms with E-state index in [1.165, 1.54) is 45.6 Å². The molecule has 0 radical (unpaired) electrons. The Hall–Kier alpha value is -4.24.